The van der Waals surface area contributed by atoms with Crippen molar-refractivity contribution in [2.75, 3.05) is 25.6 Å². The topological polar surface area (TPSA) is 67.8 Å². The Morgan fingerprint density at radius 2 is 1.79 bits per heavy atom. The van der Waals surface area contributed by atoms with Crippen LogP contribution in [0.5, 0.6) is 11.5 Å². The van der Waals surface area contributed by atoms with E-state index in [1.807, 2.05) is 37.3 Å². The van der Waals surface area contributed by atoms with Gasteiger partial charge in [-0.3, -0.25) is 0 Å². The normalized spacial score (nSPS) is 10.2. The van der Waals surface area contributed by atoms with Crippen LogP contribution in [0.1, 0.15) is 28.8 Å². The number of carboxylic acid groups (broad SMARTS) is 1. The molecule has 0 radical (unpaired) electrons. The fourth-order valence-electron chi connectivity index (χ4n) is 2.38. The molecule has 0 amide bonds. The fourth-order valence-corrected chi connectivity index (χ4v) is 2.38. The number of rotatable bonds is 9. The fraction of sp³-hybridized carbons (Fsp3) is 0.316. The van der Waals surface area contributed by atoms with Crippen LogP contribution in [0.25, 0.3) is 0 Å². The van der Waals surface area contributed by atoms with Crippen LogP contribution in [0.4, 0.5) is 5.69 Å². The lowest BCUT2D eigenvalue weighted by Gasteiger charge is -2.12. The number of unbranched alkanes of at least 4 members (excludes halogenated alkanes) is 1. The average Bonchev–Trinajstić information content (AvgIpc) is 2.59. The molecular formula is C19H23NO4. The van der Waals surface area contributed by atoms with Gasteiger partial charge in [0.1, 0.15) is 11.5 Å². The number of anilines is 1. The summed E-state index contributed by atoms with van der Waals surface area (Å²) in [5, 5.41) is 12.4. The molecule has 5 heteroatoms. The second-order valence-corrected chi connectivity index (χ2v) is 5.46. The standard InChI is InChI=1S/C19H23NO4/c1-14-6-5-7-17(19(21)22)18(14)20-12-3-4-13-24-16-10-8-15(23-2)9-11-16/h5-11,20H,3-4,12-13H2,1-2H3,(H,21,22). The maximum Gasteiger partial charge on any atom is 0.337 e. The van der Waals surface area contributed by atoms with Crippen LogP contribution in [0.3, 0.4) is 0 Å². The number of benzene rings is 2. The number of carbonyl (C=O) groups is 1. The van der Waals surface area contributed by atoms with Gasteiger partial charge in [-0.05, 0) is 55.7 Å². The highest BCUT2D eigenvalue weighted by molar-refractivity contribution is 5.95. The summed E-state index contributed by atoms with van der Waals surface area (Å²) in [6.07, 6.45) is 1.77. The molecule has 0 atom stereocenters. The summed E-state index contributed by atoms with van der Waals surface area (Å²) in [6.45, 7) is 3.23. The maximum absolute atomic E-state index is 11.2. The van der Waals surface area contributed by atoms with Crippen molar-refractivity contribution in [2.24, 2.45) is 0 Å². The first kappa shape index (κ1) is 17.7. The smallest absolute Gasteiger partial charge is 0.337 e. The van der Waals surface area contributed by atoms with Gasteiger partial charge in [-0.25, -0.2) is 4.79 Å². The Bertz CT molecular complexity index is 668. The highest BCUT2D eigenvalue weighted by Gasteiger charge is 2.11. The molecule has 0 heterocycles. The van der Waals surface area contributed by atoms with Gasteiger partial charge in [0, 0.05) is 6.54 Å². The van der Waals surface area contributed by atoms with Crippen molar-refractivity contribution in [1.82, 2.24) is 0 Å². The van der Waals surface area contributed by atoms with Crippen LogP contribution in [0, 0.1) is 6.92 Å². The molecule has 0 saturated heterocycles. The molecule has 2 aromatic rings. The van der Waals surface area contributed by atoms with E-state index in [1.54, 1.807) is 19.2 Å². The molecule has 2 N–H and O–H groups in total. The van der Waals surface area contributed by atoms with E-state index in [9.17, 15) is 9.90 Å². The van der Waals surface area contributed by atoms with Gasteiger partial charge >= 0.3 is 5.97 Å². The molecule has 0 spiro atoms. The van der Waals surface area contributed by atoms with Crippen molar-refractivity contribution < 1.29 is 19.4 Å². The zero-order valence-electron chi connectivity index (χ0n) is 14.0. The van der Waals surface area contributed by atoms with Gasteiger partial charge in [-0.1, -0.05) is 12.1 Å². The summed E-state index contributed by atoms with van der Waals surface area (Å²) < 4.78 is 10.8. The van der Waals surface area contributed by atoms with E-state index < -0.39 is 5.97 Å². The Hall–Kier alpha value is -2.69. The number of hydrogen-bond acceptors (Lipinski definition) is 4. The highest BCUT2D eigenvalue weighted by atomic mass is 16.5. The quantitative estimate of drug-likeness (QED) is 0.681. The molecule has 2 aromatic carbocycles. The number of ether oxygens (including phenoxy) is 2. The average molecular weight is 329 g/mol. The predicted octanol–water partition coefficient (Wildman–Crippen LogP) is 3.97. The number of nitrogens with one attached hydrogen (secondary N) is 1. The first-order chi connectivity index (χ1) is 11.6. The van der Waals surface area contributed by atoms with Crippen molar-refractivity contribution in [3.63, 3.8) is 0 Å². The van der Waals surface area contributed by atoms with Gasteiger partial charge in [0.2, 0.25) is 0 Å². The second kappa shape index (κ2) is 8.82. The Morgan fingerprint density at radius 3 is 2.46 bits per heavy atom. The first-order valence-electron chi connectivity index (χ1n) is 7.95. The van der Waals surface area contributed by atoms with Gasteiger partial charge < -0.3 is 19.9 Å². The van der Waals surface area contributed by atoms with E-state index in [0.717, 1.165) is 29.9 Å². The molecular weight excluding hydrogens is 306 g/mol. The van der Waals surface area contributed by atoms with E-state index >= 15 is 0 Å². The van der Waals surface area contributed by atoms with Crippen molar-refractivity contribution in [1.29, 1.82) is 0 Å². The van der Waals surface area contributed by atoms with Gasteiger partial charge in [0.15, 0.2) is 0 Å². The number of aryl methyl sites for hydroxylation is 1. The van der Waals surface area contributed by atoms with Crippen molar-refractivity contribution in [3.8, 4) is 11.5 Å². The molecule has 128 valence electrons. The minimum Gasteiger partial charge on any atom is -0.497 e. The highest BCUT2D eigenvalue weighted by Crippen LogP contribution is 2.21. The Morgan fingerprint density at radius 1 is 1.08 bits per heavy atom. The number of aromatic carboxylic acids is 1. The summed E-state index contributed by atoms with van der Waals surface area (Å²) in [4.78, 5) is 11.2. The van der Waals surface area contributed by atoms with E-state index in [0.29, 0.717) is 24.4 Å². The van der Waals surface area contributed by atoms with E-state index in [4.69, 9.17) is 9.47 Å². The summed E-state index contributed by atoms with van der Waals surface area (Å²) in [5.41, 5.74) is 1.94. The number of carboxylic acids is 1. The molecule has 0 aliphatic carbocycles. The lowest BCUT2D eigenvalue weighted by molar-refractivity contribution is 0.0698. The number of para-hydroxylation sites is 1. The molecule has 0 aliphatic heterocycles. The zero-order valence-corrected chi connectivity index (χ0v) is 14.0. The Balaban J connectivity index is 1.72. The SMILES string of the molecule is COc1ccc(OCCCCNc2c(C)cccc2C(=O)O)cc1. The van der Waals surface area contributed by atoms with Crippen molar-refractivity contribution in [3.05, 3.63) is 53.6 Å². The molecule has 0 fully saturated rings. The third-order valence-electron chi connectivity index (χ3n) is 3.70. The first-order valence-corrected chi connectivity index (χ1v) is 7.95. The largest absolute Gasteiger partial charge is 0.497 e. The Labute approximate surface area is 142 Å². The third-order valence-corrected chi connectivity index (χ3v) is 3.70. The molecule has 0 bridgehead atoms. The van der Waals surface area contributed by atoms with Gasteiger partial charge in [0.05, 0.1) is 25.0 Å². The molecule has 0 aromatic heterocycles. The van der Waals surface area contributed by atoms with E-state index in [2.05, 4.69) is 5.32 Å². The molecule has 24 heavy (non-hydrogen) atoms. The summed E-state index contributed by atoms with van der Waals surface area (Å²) in [7, 11) is 1.63. The van der Waals surface area contributed by atoms with Crippen LogP contribution in [-0.2, 0) is 0 Å². The molecule has 2 rings (SSSR count). The lowest BCUT2D eigenvalue weighted by Crippen LogP contribution is -2.10. The number of hydrogen-bond donors (Lipinski definition) is 2. The summed E-state index contributed by atoms with van der Waals surface area (Å²) in [5.74, 6) is 0.707. The molecule has 0 aliphatic rings. The minimum atomic E-state index is -0.913. The summed E-state index contributed by atoms with van der Waals surface area (Å²) >= 11 is 0. The molecule has 5 nitrogen and oxygen atoms in total. The number of methoxy groups -OCH3 is 1. The van der Waals surface area contributed by atoms with Crippen LogP contribution in [0.15, 0.2) is 42.5 Å². The van der Waals surface area contributed by atoms with Crippen LogP contribution >= 0.6 is 0 Å². The predicted molar refractivity (Wildman–Crippen MR) is 94.4 cm³/mol. The van der Waals surface area contributed by atoms with Crippen LogP contribution in [0.2, 0.25) is 0 Å². The maximum atomic E-state index is 11.2. The second-order valence-electron chi connectivity index (χ2n) is 5.46. The van der Waals surface area contributed by atoms with E-state index in [-0.39, 0.29) is 0 Å². The van der Waals surface area contributed by atoms with Crippen molar-refractivity contribution in [2.45, 2.75) is 19.8 Å². The van der Waals surface area contributed by atoms with Crippen molar-refractivity contribution >= 4 is 11.7 Å². The van der Waals surface area contributed by atoms with Gasteiger partial charge in [0.25, 0.3) is 0 Å². The lowest BCUT2D eigenvalue weighted by atomic mass is 10.1. The van der Waals surface area contributed by atoms with Crippen LogP contribution < -0.4 is 14.8 Å². The van der Waals surface area contributed by atoms with Gasteiger partial charge in [-0.15, -0.1) is 0 Å². The monoisotopic (exact) mass is 329 g/mol. The zero-order chi connectivity index (χ0) is 17.4. The summed E-state index contributed by atoms with van der Waals surface area (Å²) in [6, 6.07) is 12.8. The Kier molecular flexibility index (Phi) is 6.49. The third kappa shape index (κ3) is 4.91. The molecule has 0 unspecified atom stereocenters. The van der Waals surface area contributed by atoms with Gasteiger partial charge in [-0.2, -0.15) is 0 Å². The van der Waals surface area contributed by atoms with E-state index in [1.165, 1.54) is 0 Å². The minimum absolute atomic E-state index is 0.310. The van der Waals surface area contributed by atoms with Crippen LogP contribution in [-0.4, -0.2) is 31.3 Å². The molecule has 0 saturated carbocycles.